The first-order valence-electron chi connectivity index (χ1n) is 10.3. The van der Waals surface area contributed by atoms with Crippen LogP contribution in [0, 0.1) is 11.6 Å². The number of anilines is 1. The lowest BCUT2D eigenvalue weighted by Gasteiger charge is -2.07. The van der Waals surface area contributed by atoms with E-state index in [2.05, 4.69) is 10.3 Å². The van der Waals surface area contributed by atoms with E-state index in [1.165, 1.54) is 12.1 Å². The number of benzene rings is 3. The topological polar surface area (TPSA) is 92.4 Å². The fourth-order valence-corrected chi connectivity index (χ4v) is 3.31. The number of fused-ring (bicyclic) bond motifs is 1. The van der Waals surface area contributed by atoms with E-state index in [9.17, 15) is 31.5 Å². The summed E-state index contributed by atoms with van der Waals surface area (Å²) < 4.78 is 72.0. The summed E-state index contributed by atoms with van der Waals surface area (Å²) in [6, 6.07) is 10.3. The Morgan fingerprint density at radius 2 is 1.78 bits per heavy atom. The van der Waals surface area contributed by atoms with E-state index in [1.54, 1.807) is 18.2 Å². The fraction of sp³-hybridized carbons (Fsp3) is 0.0800. The predicted molar refractivity (Wildman–Crippen MR) is 120 cm³/mol. The van der Waals surface area contributed by atoms with Gasteiger partial charge in [0.15, 0.2) is 5.58 Å². The number of aliphatic carboxylic acids is 1. The van der Waals surface area contributed by atoms with Gasteiger partial charge in [-0.2, -0.15) is 13.2 Å². The third kappa shape index (κ3) is 5.57. The molecule has 0 aliphatic rings. The average Bonchev–Trinajstić information content (AvgIpc) is 3.22. The Labute approximate surface area is 199 Å². The van der Waals surface area contributed by atoms with Crippen molar-refractivity contribution in [1.82, 2.24) is 4.98 Å². The van der Waals surface area contributed by atoms with E-state index in [1.807, 2.05) is 0 Å². The van der Waals surface area contributed by atoms with Crippen LogP contribution in [-0.2, 0) is 22.2 Å². The van der Waals surface area contributed by atoms with E-state index in [-0.39, 0.29) is 29.1 Å². The lowest BCUT2D eigenvalue weighted by Crippen LogP contribution is -2.09. The standard InChI is InChI=1S/C25H15F5N2O4/c26-17-12-16(25(28,29)30)5-2-14(17)4-8-22(33)31-19-6-3-15(11-18(19)27)24-32-20-9-13(10-23(34)35)1-7-21(20)36-24/h1-9,11-12H,10H2,(H,31,33)(H,34,35). The lowest BCUT2D eigenvalue weighted by molar-refractivity contribution is -0.138. The van der Waals surface area contributed by atoms with Gasteiger partial charge < -0.3 is 14.8 Å². The van der Waals surface area contributed by atoms with E-state index in [0.29, 0.717) is 28.8 Å². The highest BCUT2D eigenvalue weighted by Gasteiger charge is 2.31. The number of hydrogen-bond donors (Lipinski definition) is 2. The molecule has 6 nitrogen and oxygen atoms in total. The number of nitrogens with zero attached hydrogens (tertiary/aromatic N) is 1. The van der Waals surface area contributed by atoms with Crippen LogP contribution in [0.3, 0.4) is 0 Å². The minimum atomic E-state index is -4.70. The fourth-order valence-electron chi connectivity index (χ4n) is 3.31. The third-order valence-electron chi connectivity index (χ3n) is 5.02. The minimum Gasteiger partial charge on any atom is -0.481 e. The van der Waals surface area contributed by atoms with Crippen LogP contribution >= 0.6 is 0 Å². The molecule has 4 aromatic rings. The van der Waals surface area contributed by atoms with Crippen LogP contribution in [0.1, 0.15) is 16.7 Å². The van der Waals surface area contributed by atoms with Crippen LogP contribution in [-0.4, -0.2) is 22.0 Å². The zero-order valence-corrected chi connectivity index (χ0v) is 18.1. The van der Waals surface area contributed by atoms with Crippen LogP contribution in [0.25, 0.3) is 28.6 Å². The lowest BCUT2D eigenvalue weighted by atomic mass is 10.1. The molecule has 0 aliphatic heterocycles. The molecule has 1 aromatic heterocycles. The molecule has 0 saturated carbocycles. The van der Waals surface area contributed by atoms with Crippen molar-refractivity contribution in [3.8, 4) is 11.5 Å². The molecule has 1 heterocycles. The van der Waals surface area contributed by atoms with Crippen LogP contribution < -0.4 is 5.32 Å². The van der Waals surface area contributed by atoms with Gasteiger partial charge in [-0.3, -0.25) is 9.59 Å². The molecule has 0 spiro atoms. The van der Waals surface area contributed by atoms with Crippen molar-refractivity contribution in [3.05, 3.63) is 89.0 Å². The number of carboxylic acids is 1. The number of alkyl halides is 3. The Hall–Kier alpha value is -4.54. The Morgan fingerprint density at radius 3 is 2.44 bits per heavy atom. The highest BCUT2D eigenvalue weighted by molar-refractivity contribution is 6.02. The smallest absolute Gasteiger partial charge is 0.416 e. The molecule has 0 unspecified atom stereocenters. The Balaban J connectivity index is 1.47. The molecule has 11 heteroatoms. The maximum atomic E-state index is 14.6. The van der Waals surface area contributed by atoms with Gasteiger partial charge in [0.05, 0.1) is 17.7 Å². The molecule has 0 atom stereocenters. The molecule has 0 fully saturated rings. The van der Waals surface area contributed by atoms with Crippen molar-refractivity contribution in [3.63, 3.8) is 0 Å². The molecule has 0 bridgehead atoms. The largest absolute Gasteiger partial charge is 0.481 e. The Kier molecular flexibility index (Phi) is 6.56. The molecule has 0 radical (unpaired) electrons. The number of carboxylic acid groups (broad SMARTS) is 1. The van der Waals surface area contributed by atoms with Gasteiger partial charge in [-0.1, -0.05) is 12.1 Å². The van der Waals surface area contributed by atoms with Crippen molar-refractivity contribution in [2.45, 2.75) is 12.6 Å². The minimum absolute atomic E-state index is 0.0759. The first kappa shape index (κ1) is 24.6. The molecule has 1 amide bonds. The number of hydrogen-bond acceptors (Lipinski definition) is 4. The summed E-state index contributed by atoms with van der Waals surface area (Å²) in [6.07, 6.45) is -3.07. The number of carbonyl (C=O) groups is 2. The summed E-state index contributed by atoms with van der Waals surface area (Å²) in [5.74, 6) is -3.76. The Morgan fingerprint density at radius 1 is 1.00 bits per heavy atom. The number of rotatable bonds is 6. The van der Waals surface area contributed by atoms with Crippen molar-refractivity contribution >= 4 is 34.7 Å². The normalized spacial score (nSPS) is 11.8. The van der Waals surface area contributed by atoms with Crippen LogP contribution in [0.2, 0.25) is 0 Å². The summed E-state index contributed by atoms with van der Waals surface area (Å²) in [6.45, 7) is 0. The maximum Gasteiger partial charge on any atom is 0.416 e. The highest BCUT2D eigenvalue weighted by atomic mass is 19.4. The van der Waals surface area contributed by atoms with Gasteiger partial charge in [0, 0.05) is 17.2 Å². The zero-order valence-electron chi connectivity index (χ0n) is 18.1. The molecule has 4 rings (SSSR count). The molecule has 2 N–H and O–H groups in total. The van der Waals surface area contributed by atoms with Crippen LogP contribution in [0.4, 0.5) is 27.6 Å². The quantitative estimate of drug-likeness (QED) is 0.247. The predicted octanol–water partition coefficient (Wildman–Crippen LogP) is 6.07. The van der Waals surface area contributed by atoms with E-state index in [0.717, 1.165) is 24.3 Å². The van der Waals surface area contributed by atoms with Crippen LogP contribution in [0.15, 0.2) is 65.1 Å². The number of halogens is 5. The first-order chi connectivity index (χ1) is 17.0. The van der Waals surface area contributed by atoms with E-state index in [4.69, 9.17) is 9.52 Å². The van der Waals surface area contributed by atoms with Crippen molar-refractivity contribution in [2.75, 3.05) is 5.32 Å². The second-order valence-corrected chi connectivity index (χ2v) is 7.64. The van der Waals surface area contributed by atoms with Gasteiger partial charge in [-0.05, 0) is 54.1 Å². The molecule has 36 heavy (non-hydrogen) atoms. The first-order valence-corrected chi connectivity index (χ1v) is 10.3. The SMILES string of the molecule is O=C(O)Cc1ccc2oc(-c3ccc(NC(=O)C=Cc4ccc(C(F)(F)F)cc4F)c(F)c3)nc2c1. The maximum absolute atomic E-state index is 14.6. The summed E-state index contributed by atoms with van der Waals surface area (Å²) in [7, 11) is 0. The second kappa shape index (κ2) is 9.61. The Bertz CT molecular complexity index is 1510. The summed E-state index contributed by atoms with van der Waals surface area (Å²) in [5, 5.41) is 11.2. The third-order valence-corrected chi connectivity index (χ3v) is 5.02. The van der Waals surface area contributed by atoms with Gasteiger partial charge >= 0.3 is 12.1 Å². The summed E-state index contributed by atoms with van der Waals surface area (Å²) in [4.78, 5) is 27.2. The van der Waals surface area contributed by atoms with E-state index >= 15 is 0 Å². The zero-order chi connectivity index (χ0) is 26.0. The van der Waals surface area contributed by atoms with Crippen molar-refractivity contribution in [1.29, 1.82) is 0 Å². The number of nitrogens with one attached hydrogen (secondary N) is 1. The van der Waals surface area contributed by atoms with Gasteiger partial charge in [0.1, 0.15) is 17.2 Å². The van der Waals surface area contributed by atoms with Crippen LogP contribution in [0.5, 0.6) is 0 Å². The van der Waals surface area contributed by atoms with Gasteiger partial charge in [0.2, 0.25) is 11.8 Å². The monoisotopic (exact) mass is 502 g/mol. The molecule has 3 aromatic carbocycles. The molecular weight excluding hydrogens is 487 g/mol. The number of aromatic nitrogens is 1. The summed E-state index contributed by atoms with van der Waals surface area (Å²) >= 11 is 0. The van der Waals surface area contributed by atoms with E-state index < -0.39 is 35.3 Å². The average molecular weight is 502 g/mol. The van der Waals surface area contributed by atoms with Gasteiger partial charge in [0.25, 0.3) is 0 Å². The molecule has 0 saturated heterocycles. The molecular formula is C25H15F5N2O4. The second-order valence-electron chi connectivity index (χ2n) is 7.64. The number of amides is 1. The highest BCUT2D eigenvalue weighted by Crippen LogP contribution is 2.31. The van der Waals surface area contributed by atoms with Crippen molar-refractivity contribution in [2.24, 2.45) is 0 Å². The summed E-state index contributed by atoms with van der Waals surface area (Å²) in [5.41, 5.74) is -0.0899. The van der Waals surface area contributed by atoms with Gasteiger partial charge in [-0.25, -0.2) is 13.8 Å². The van der Waals surface area contributed by atoms with Crippen molar-refractivity contribution < 1.29 is 41.1 Å². The number of oxazole rings is 1. The molecule has 0 aliphatic carbocycles. The number of carbonyl (C=O) groups excluding carboxylic acids is 1. The van der Waals surface area contributed by atoms with Gasteiger partial charge in [-0.15, -0.1) is 0 Å². The molecule has 184 valence electrons.